The average Bonchev–Trinajstić information content (AvgIpc) is 2.96. The van der Waals surface area contributed by atoms with Crippen molar-refractivity contribution in [2.24, 2.45) is 0 Å². The van der Waals surface area contributed by atoms with Crippen LogP contribution in [0, 0.1) is 0 Å². The van der Waals surface area contributed by atoms with Crippen LogP contribution in [0.1, 0.15) is 36.5 Å². The molecule has 2 aliphatic rings. The van der Waals surface area contributed by atoms with Gasteiger partial charge in [-0.25, -0.2) is 0 Å². The highest BCUT2D eigenvalue weighted by atomic mass is 35.5. The number of nitrogens with zero attached hydrogens (tertiary/aromatic N) is 2. The number of carboxylic acids is 1. The maximum absolute atomic E-state index is 12.9. The molecule has 0 radical (unpaired) electrons. The van der Waals surface area contributed by atoms with Gasteiger partial charge in [-0.2, -0.15) is 0 Å². The molecule has 2 aliphatic heterocycles. The molecule has 1 aromatic carbocycles. The first-order chi connectivity index (χ1) is 12.9. The van der Waals surface area contributed by atoms with E-state index in [4.69, 9.17) is 26.2 Å². The fourth-order valence-corrected chi connectivity index (χ4v) is 3.78. The monoisotopic (exact) mass is 396 g/mol. The Kier molecular flexibility index (Phi) is 5.74. The van der Waals surface area contributed by atoms with Gasteiger partial charge in [0.15, 0.2) is 11.5 Å². The first-order valence-electron chi connectivity index (χ1n) is 8.74. The van der Waals surface area contributed by atoms with Gasteiger partial charge >= 0.3 is 5.97 Å². The van der Waals surface area contributed by atoms with Crippen LogP contribution in [-0.4, -0.2) is 65.2 Å². The minimum atomic E-state index is -1.04. The molecule has 1 aromatic rings. The molecule has 2 amide bonds. The summed E-state index contributed by atoms with van der Waals surface area (Å²) in [7, 11) is 0. The lowest BCUT2D eigenvalue weighted by Gasteiger charge is -2.28. The van der Waals surface area contributed by atoms with Gasteiger partial charge in [-0.3, -0.25) is 14.4 Å². The average molecular weight is 397 g/mol. The molecule has 27 heavy (non-hydrogen) atoms. The summed E-state index contributed by atoms with van der Waals surface area (Å²) in [5, 5.41) is 9.36. The van der Waals surface area contributed by atoms with E-state index in [1.54, 1.807) is 17.0 Å². The normalized spacial score (nSPS) is 18.7. The lowest BCUT2D eigenvalue weighted by molar-refractivity contribution is -0.145. The first kappa shape index (κ1) is 19.3. The van der Waals surface area contributed by atoms with E-state index in [0.717, 1.165) is 0 Å². The minimum Gasteiger partial charge on any atom is -0.480 e. The van der Waals surface area contributed by atoms with Gasteiger partial charge in [0, 0.05) is 31.6 Å². The van der Waals surface area contributed by atoms with E-state index >= 15 is 0 Å². The van der Waals surface area contributed by atoms with Crippen molar-refractivity contribution in [1.29, 1.82) is 0 Å². The topological polar surface area (TPSA) is 96.4 Å². The van der Waals surface area contributed by atoms with Crippen molar-refractivity contribution in [1.82, 2.24) is 9.80 Å². The van der Waals surface area contributed by atoms with Gasteiger partial charge in [0.2, 0.25) is 12.7 Å². The fraction of sp³-hybridized carbons (Fsp3) is 0.500. The molecule has 0 aliphatic carbocycles. The van der Waals surface area contributed by atoms with E-state index in [0.29, 0.717) is 54.4 Å². The van der Waals surface area contributed by atoms with E-state index < -0.39 is 5.97 Å². The predicted molar refractivity (Wildman–Crippen MR) is 96.1 cm³/mol. The highest BCUT2D eigenvalue weighted by Gasteiger charge is 2.29. The van der Waals surface area contributed by atoms with Gasteiger partial charge in [0.25, 0.3) is 5.91 Å². The van der Waals surface area contributed by atoms with Crippen molar-refractivity contribution in [3.05, 3.63) is 22.7 Å². The fourth-order valence-electron chi connectivity index (χ4n) is 3.51. The number of benzene rings is 1. The molecule has 9 heteroatoms. The first-order valence-corrected chi connectivity index (χ1v) is 9.12. The summed E-state index contributed by atoms with van der Waals surface area (Å²) < 4.78 is 10.6. The van der Waals surface area contributed by atoms with Gasteiger partial charge < -0.3 is 24.4 Å². The smallest absolute Gasteiger partial charge is 0.323 e. The van der Waals surface area contributed by atoms with Gasteiger partial charge in [-0.05, 0) is 31.4 Å². The Morgan fingerprint density at radius 3 is 2.74 bits per heavy atom. The van der Waals surface area contributed by atoms with Crippen molar-refractivity contribution in [3.8, 4) is 11.5 Å². The van der Waals surface area contributed by atoms with E-state index in [-0.39, 0.29) is 31.2 Å². The zero-order valence-electron chi connectivity index (χ0n) is 14.9. The number of halogens is 1. The van der Waals surface area contributed by atoms with Gasteiger partial charge in [-0.1, -0.05) is 11.6 Å². The number of rotatable bonds is 4. The number of amides is 2. The van der Waals surface area contributed by atoms with Crippen molar-refractivity contribution < 1.29 is 29.0 Å². The highest BCUT2D eigenvalue weighted by Crippen LogP contribution is 2.40. The van der Waals surface area contributed by atoms with Crippen LogP contribution in [0.2, 0.25) is 5.02 Å². The molecule has 0 spiro atoms. The van der Waals surface area contributed by atoms with Crippen LogP contribution in [0.25, 0.3) is 0 Å². The second kappa shape index (κ2) is 8.04. The summed E-state index contributed by atoms with van der Waals surface area (Å²) in [6.07, 6.45) is 1.85. The molecule has 146 valence electrons. The molecular weight excluding hydrogens is 376 g/mol. The van der Waals surface area contributed by atoms with Crippen molar-refractivity contribution in [2.45, 2.75) is 32.2 Å². The zero-order chi connectivity index (χ0) is 19.6. The van der Waals surface area contributed by atoms with E-state index in [1.807, 2.05) is 0 Å². The molecule has 1 unspecified atom stereocenters. The second-order valence-corrected chi connectivity index (χ2v) is 7.02. The number of hydrogen-bond donors (Lipinski definition) is 1. The Morgan fingerprint density at radius 2 is 2.04 bits per heavy atom. The van der Waals surface area contributed by atoms with Crippen LogP contribution in [0.5, 0.6) is 11.5 Å². The summed E-state index contributed by atoms with van der Waals surface area (Å²) >= 11 is 6.16. The summed E-state index contributed by atoms with van der Waals surface area (Å²) in [6.45, 7) is 2.07. The molecule has 1 saturated heterocycles. The van der Waals surface area contributed by atoms with Gasteiger partial charge in [0.1, 0.15) is 6.54 Å². The van der Waals surface area contributed by atoms with E-state index in [2.05, 4.69) is 0 Å². The van der Waals surface area contributed by atoms with Crippen LogP contribution in [0.3, 0.4) is 0 Å². The number of carboxylic acid groups (broad SMARTS) is 1. The standard InChI is InChI=1S/C18H21ClN2O6/c1-11(22)21(9-16(23)24)13-3-2-5-20(6-4-13)18(25)12-7-14(19)17-15(8-12)26-10-27-17/h7-8,13H,2-6,9-10H2,1H3,(H,23,24). The van der Waals surface area contributed by atoms with Crippen LogP contribution in [0.15, 0.2) is 12.1 Å². The lowest BCUT2D eigenvalue weighted by Crippen LogP contribution is -2.43. The quantitative estimate of drug-likeness (QED) is 0.836. The lowest BCUT2D eigenvalue weighted by atomic mass is 10.1. The number of fused-ring (bicyclic) bond motifs is 1. The molecule has 8 nitrogen and oxygen atoms in total. The Labute approximate surface area is 161 Å². The maximum atomic E-state index is 12.9. The van der Waals surface area contributed by atoms with Crippen molar-refractivity contribution >= 4 is 29.4 Å². The van der Waals surface area contributed by atoms with E-state index in [9.17, 15) is 14.4 Å². The number of aliphatic carboxylic acids is 1. The molecular formula is C18H21ClN2O6. The summed E-state index contributed by atoms with van der Waals surface area (Å²) in [6, 6.07) is 2.98. The molecule has 0 bridgehead atoms. The number of hydrogen-bond acceptors (Lipinski definition) is 5. The molecule has 2 heterocycles. The van der Waals surface area contributed by atoms with Crippen LogP contribution in [0.4, 0.5) is 0 Å². The Hall–Kier alpha value is -2.48. The number of ether oxygens (including phenoxy) is 2. The van der Waals surface area contributed by atoms with Gasteiger partial charge in [0.05, 0.1) is 5.02 Å². The highest BCUT2D eigenvalue weighted by molar-refractivity contribution is 6.32. The Morgan fingerprint density at radius 1 is 1.26 bits per heavy atom. The van der Waals surface area contributed by atoms with Crippen molar-refractivity contribution in [3.63, 3.8) is 0 Å². The van der Waals surface area contributed by atoms with Crippen LogP contribution < -0.4 is 9.47 Å². The third-order valence-electron chi connectivity index (χ3n) is 4.81. The third kappa shape index (κ3) is 4.27. The molecule has 0 aromatic heterocycles. The van der Waals surface area contributed by atoms with Crippen LogP contribution in [-0.2, 0) is 9.59 Å². The van der Waals surface area contributed by atoms with E-state index in [1.165, 1.54) is 11.8 Å². The molecule has 1 N–H and O–H groups in total. The zero-order valence-corrected chi connectivity index (χ0v) is 15.7. The molecule has 1 fully saturated rings. The second-order valence-electron chi connectivity index (χ2n) is 6.61. The third-order valence-corrected chi connectivity index (χ3v) is 5.09. The Bertz CT molecular complexity index is 768. The minimum absolute atomic E-state index is 0.0720. The van der Waals surface area contributed by atoms with Gasteiger partial charge in [-0.15, -0.1) is 0 Å². The summed E-state index contributed by atoms with van der Waals surface area (Å²) in [4.78, 5) is 38.8. The predicted octanol–water partition coefficient (Wildman–Crippen LogP) is 2.00. The summed E-state index contributed by atoms with van der Waals surface area (Å²) in [5.74, 6) is -0.608. The number of carbonyl (C=O) groups excluding carboxylic acids is 2. The number of likely N-dealkylation sites (tertiary alicyclic amines) is 1. The number of carbonyl (C=O) groups is 3. The van der Waals surface area contributed by atoms with Crippen LogP contribution >= 0.6 is 11.6 Å². The maximum Gasteiger partial charge on any atom is 0.323 e. The molecule has 0 saturated carbocycles. The SMILES string of the molecule is CC(=O)N(CC(=O)O)C1CCCN(C(=O)c2cc(Cl)c3c(c2)OCO3)CC1. The largest absolute Gasteiger partial charge is 0.480 e. The molecule has 1 atom stereocenters. The van der Waals surface area contributed by atoms with Crippen molar-refractivity contribution in [2.75, 3.05) is 26.4 Å². The summed E-state index contributed by atoms with van der Waals surface area (Å²) in [5.41, 5.74) is 0.414. The Balaban J connectivity index is 1.70. The molecule has 3 rings (SSSR count).